The molecule has 0 bridgehead atoms. The smallest absolute Gasteiger partial charge is 0.253 e. The molecule has 0 fully saturated rings. The van der Waals surface area contributed by atoms with Gasteiger partial charge in [-0.15, -0.1) is 0 Å². The summed E-state index contributed by atoms with van der Waals surface area (Å²) in [5.41, 5.74) is 8.41. The molecule has 0 radical (unpaired) electrons. The number of carbonyl (C=O) groups excluding carboxylic acids is 1. The normalized spacial score (nSPS) is 11.3. The van der Waals surface area contributed by atoms with Gasteiger partial charge in [-0.1, -0.05) is 12.1 Å². The molecule has 0 heterocycles. The van der Waals surface area contributed by atoms with Crippen LogP contribution >= 0.6 is 0 Å². The number of anilines is 1. The van der Waals surface area contributed by atoms with Crippen LogP contribution < -0.4 is 15.8 Å². The van der Waals surface area contributed by atoms with Crippen LogP contribution in [0.15, 0.2) is 53.5 Å². The standard InChI is InChI=1S/C20H26N4O2/c1-14(2)26-18-11-9-17(10-12-18)23-20(21)22-13-15-5-7-16(8-6-15)19(25)24(3)4/h5-12,14H,13H2,1-4H3,(H3,21,22,23). The van der Waals surface area contributed by atoms with Gasteiger partial charge in [0, 0.05) is 25.3 Å². The first-order valence-electron chi connectivity index (χ1n) is 8.49. The Labute approximate surface area is 154 Å². The Balaban J connectivity index is 1.92. The van der Waals surface area contributed by atoms with Crippen molar-refractivity contribution in [3.8, 4) is 5.75 Å². The lowest BCUT2D eigenvalue weighted by molar-refractivity contribution is 0.0827. The number of carbonyl (C=O) groups is 1. The van der Waals surface area contributed by atoms with Crippen LogP contribution in [-0.4, -0.2) is 37.0 Å². The molecule has 138 valence electrons. The molecule has 2 aromatic rings. The van der Waals surface area contributed by atoms with E-state index in [-0.39, 0.29) is 12.0 Å². The Morgan fingerprint density at radius 2 is 1.73 bits per heavy atom. The van der Waals surface area contributed by atoms with E-state index in [1.807, 2.05) is 50.2 Å². The van der Waals surface area contributed by atoms with Crippen molar-refractivity contribution in [1.82, 2.24) is 4.90 Å². The second-order valence-electron chi connectivity index (χ2n) is 6.41. The molecule has 0 spiro atoms. The van der Waals surface area contributed by atoms with Crippen LogP contribution in [0.25, 0.3) is 0 Å². The van der Waals surface area contributed by atoms with Gasteiger partial charge in [0.05, 0.1) is 12.6 Å². The zero-order valence-electron chi connectivity index (χ0n) is 15.7. The van der Waals surface area contributed by atoms with E-state index in [1.165, 1.54) is 0 Å². The quantitative estimate of drug-likeness (QED) is 0.617. The molecule has 0 unspecified atom stereocenters. The van der Waals surface area contributed by atoms with Crippen molar-refractivity contribution in [2.45, 2.75) is 26.5 Å². The molecule has 1 amide bonds. The molecule has 0 aliphatic heterocycles. The molecule has 3 N–H and O–H groups in total. The van der Waals surface area contributed by atoms with Crippen molar-refractivity contribution in [1.29, 1.82) is 0 Å². The topological polar surface area (TPSA) is 80.0 Å². The van der Waals surface area contributed by atoms with Crippen LogP contribution in [0.4, 0.5) is 5.69 Å². The highest BCUT2D eigenvalue weighted by Crippen LogP contribution is 2.16. The third-order valence-electron chi connectivity index (χ3n) is 3.54. The number of benzene rings is 2. The van der Waals surface area contributed by atoms with Crippen LogP contribution in [0.5, 0.6) is 5.75 Å². The van der Waals surface area contributed by atoms with Crippen LogP contribution in [0, 0.1) is 0 Å². The van der Waals surface area contributed by atoms with Gasteiger partial charge in [0.15, 0.2) is 5.96 Å². The molecule has 0 aliphatic carbocycles. The van der Waals surface area contributed by atoms with Gasteiger partial charge in [-0.25, -0.2) is 4.99 Å². The van der Waals surface area contributed by atoms with Crippen LogP contribution in [0.3, 0.4) is 0 Å². The summed E-state index contributed by atoms with van der Waals surface area (Å²) >= 11 is 0. The highest BCUT2D eigenvalue weighted by atomic mass is 16.5. The molecule has 0 atom stereocenters. The number of ether oxygens (including phenoxy) is 1. The monoisotopic (exact) mass is 354 g/mol. The number of guanidine groups is 1. The number of amides is 1. The number of aliphatic imine (C=N–C) groups is 1. The molecule has 2 aromatic carbocycles. The van der Waals surface area contributed by atoms with Gasteiger partial charge in [0.25, 0.3) is 5.91 Å². The second-order valence-corrected chi connectivity index (χ2v) is 6.41. The average molecular weight is 354 g/mol. The van der Waals surface area contributed by atoms with E-state index in [0.29, 0.717) is 18.1 Å². The highest BCUT2D eigenvalue weighted by Gasteiger charge is 2.07. The van der Waals surface area contributed by atoms with Crippen molar-refractivity contribution >= 4 is 17.6 Å². The molecule has 0 saturated carbocycles. The zero-order chi connectivity index (χ0) is 19.1. The minimum absolute atomic E-state index is 0.0221. The minimum Gasteiger partial charge on any atom is -0.491 e. The molecular weight excluding hydrogens is 328 g/mol. The summed E-state index contributed by atoms with van der Waals surface area (Å²) in [6.45, 7) is 4.41. The summed E-state index contributed by atoms with van der Waals surface area (Å²) in [6, 6.07) is 14.9. The van der Waals surface area contributed by atoms with Crippen molar-refractivity contribution in [3.63, 3.8) is 0 Å². The lowest BCUT2D eigenvalue weighted by atomic mass is 10.1. The Kier molecular flexibility index (Phi) is 6.60. The van der Waals surface area contributed by atoms with Gasteiger partial charge in [-0.05, 0) is 55.8 Å². The molecule has 26 heavy (non-hydrogen) atoms. The number of nitrogens with one attached hydrogen (secondary N) is 1. The third kappa shape index (κ3) is 5.81. The summed E-state index contributed by atoms with van der Waals surface area (Å²) in [5.74, 6) is 1.12. The summed E-state index contributed by atoms with van der Waals surface area (Å²) in [4.78, 5) is 17.7. The molecule has 0 saturated heterocycles. The van der Waals surface area contributed by atoms with Crippen LogP contribution in [0.1, 0.15) is 29.8 Å². The van der Waals surface area contributed by atoms with E-state index in [1.54, 1.807) is 31.1 Å². The largest absolute Gasteiger partial charge is 0.491 e. The number of nitrogens with zero attached hydrogens (tertiary/aromatic N) is 2. The number of hydrogen-bond acceptors (Lipinski definition) is 3. The maximum Gasteiger partial charge on any atom is 0.253 e. The van der Waals surface area contributed by atoms with Gasteiger partial charge in [0.1, 0.15) is 5.75 Å². The predicted molar refractivity (Wildman–Crippen MR) is 106 cm³/mol. The lowest BCUT2D eigenvalue weighted by Gasteiger charge is -2.11. The average Bonchev–Trinajstić information content (AvgIpc) is 2.61. The summed E-state index contributed by atoms with van der Waals surface area (Å²) in [6.07, 6.45) is 0.139. The maximum atomic E-state index is 11.9. The molecule has 0 aromatic heterocycles. The molecular formula is C20H26N4O2. The van der Waals surface area contributed by atoms with Crippen molar-refractivity contribution in [2.75, 3.05) is 19.4 Å². The van der Waals surface area contributed by atoms with Gasteiger partial charge in [-0.2, -0.15) is 0 Å². The lowest BCUT2D eigenvalue weighted by Crippen LogP contribution is -2.22. The van der Waals surface area contributed by atoms with Crippen LogP contribution in [0.2, 0.25) is 0 Å². The summed E-state index contributed by atoms with van der Waals surface area (Å²) in [7, 11) is 3.46. The number of nitrogens with two attached hydrogens (primary N) is 1. The van der Waals surface area contributed by atoms with Gasteiger partial charge in [-0.3, -0.25) is 4.79 Å². The third-order valence-corrected chi connectivity index (χ3v) is 3.54. The number of rotatable bonds is 6. The fourth-order valence-electron chi connectivity index (χ4n) is 2.26. The Hall–Kier alpha value is -3.02. The van der Waals surface area contributed by atoms with Crippen molar-refractivity contribution < 1.29 is 9.53 Å². The Bertz CT molecular complexity index is 750. The first kappa shape index (κ1) is 19.3. The van der Waals surface area contributed by atoms with E-state index >= 15 is 0 Å². The summed E-state index contributed by atoms with van der Waals surface area (Å²) in [5, 5.41) is 3.05. The fraction of sp³-hybridized carbons (Fsp3) is 0.300. The Morgan fingerprint density at radius 3 is 2.27 bits per heavy atom. The molecule has 0 aliphatic rings. The van der Waals surface area contributed by atoms with E-state index in [4.69, 9.17) is 10.5 Å². The predicted octanol–water partition coefficient (Wildman–Crippen LogP) is 3.10. The second kappa shape index (κ2) is 8.89. The Morgan fingerprint density at radius 1 is 1.12 bits per heavy atom. The molecule has 2 rings (SSSR count). The number of hydrogen-bond donors (Lipinski definition) is 2. The summed E-state index contributed by atoms with van der Waals surface area (Å²) < 4.78 is 5.60. The van der Waals surface area contributed by atoms with Crippen molar-refractivity contribution in [3.05, 3.63) is 59.7 Å². The van der Waals surface area contributed by atoms with Gasteiger partial charge >= 0.3 is 0 Å². The van der Waals surface area contributed by atoms with E-state index < -0.39 is 0 Å². The fourth-order valence-corrected chi connectivity index (χ4v) is 2.26. The van der Waals surface area contributed by atoms with Gasteiger partial charge in [0.2, 0.25) is 0 Å². The van der Waals surface area contributed by atoms with E-state index in [0.717, 1.165) is 17.0 Å². The maximum absolute atomic E-state index is 11.9. The van der Waals surface area contributed by atoms with E-state index in [2.05, 4.69) is 10.3 Å². The zero-order valence-corrected chi connectivity index (χ0v) is 15.7. The highest BCUT2D eigenvalue weighted by molar-refractivity contribution is 5.94. The van der Waals surface area contributed by atoms with Crippen molar-refractivity contribution in [2.24, 2.45) is 10.7 Å². The minimum atomic E-state index is -0.0221. The van der Waals surface area contributed by atoms with Crippen LogP contribution in [-0.2, 0) is 6.54 Å². The molecule has 6 heteroatoms. The molecule has 6 nitrogen and oxygen atoms in total. The van der Waals surface area contributed by atoms with Gasteiger partial charge < -0.3 is 20.7 Å². The first-order valence-corrected chi connectivity index (χ1v) is 8.49. The first-order chi connectivity index (χ1) is 12.3. The SMILES string of the molecule is CC(C)Oc1ccc(NC(N)=NCc2ccc(C(=O)N(C)C)cc2)cc1. The van der Waals surface area contributed by atoms with E-state index in [9.17, 15) is 4.79 Å².